The fraction of sp³-hybridized carbons (Fsp3) is 0.833. The zero-order valence-corrected chi connectivity index (χ0v) is 11.4. The molecule has 0 aromatic carbocycles. The number of likely N-dealkylation sites (N-methyl/N-ethyl adjacent to an activating group) is 1. The molecule has 0 radical (unpaired) electrons. The lowest BCUT2D eigenvalue weighted by Crippen LogP contribution is -2.46. The zero-order chi connectivity index (χ0) is 13.4. The Morgan fingerprint density at radius 1 is 1.22 bits per heavy atom. The topological polar surface area (TPSA) is 64.7 Å². The van der Waals surface area contributed by atoms with Crippen LogP contribution in [0, 0.1) is 0 Å². The summed E-state index contributed by atoms with van der Waals surface area (Å²) in [7, 11) is 3.92. The minimum absolute atomic E-state index is 0.0414. The number of hydrogen-bond acceptors (Lipinski definition) is 4. The van der Waals surface area contributed by atoms with Crippen LogP contribution in [0.1, 0.15) is 12.8 Å². The summed E-state index contributed by atoms with van der Waals surface area (Å²) in [5.74, 6) is 0.0413. The lowest BCUT2D eigenvalue weighted by Gasteiger charge is -2.27. The molecule has 1 aliphatic rings. The van der Waals surface area contributed by atoms with Gasteiger partial charge in [-0.05, 0) is 14.1 Å². The van der Waals surface area contributed by atoms with E-state index in [1.807, 2.05) is 23.9 Å². The molecule has 6 heteroatoms. The van der Waals surface area contributed by atoms with E-state index in [0.29, 0.717) is 13.0 Å². The Balaban J connectivity index is 2.11. The first-order valence-electron chi connectivity index (χ1n) is 6.49. The molecule has 1 rings (SSSR count). The second-order valence-electron chi connectivity index (χ2n) is 4.78. The average molecular weight is 256 g/mol. The average Bonchev–Trinajstić information content (AvgIpc) is 2.36. The molecule has 2 amide bonds. The predicted molar refractivity (Wildman–Crippen MR) is 70.2 cm³/mol. The van der Waals surface area contributed by atoms with Gasteiger partial charge in [-0.1, -0.05) is 0 Å². The Morgan fingerprint density at radius 3 is 2.50 bits per heavy atom. The van der Waals surface area contributed by atoms with Gasteiger partial charge in [-0.15, -0.1) is 0 Å². The van der Waals surface area contributed by atoms with Gasteiger partial charge >= 0.3 is 0 Å². The first kappa shape index (κ1) is 14.9. The lowest BCUT2D eigenvalue weighted by atomic mass is 10.2. The summed E-state index contributed by atoms with van der Waals surface area (Å²) in [6.07, 6.45) is 0.601. The second kappa shape index (κ2) is 8.05. The number of nitrogens with one attached hydrogen (secondary N) is 2. The van der Waals surface area contributed by atoms with Crippen LogP contribution in [-0.2, 0) is 9.59 Å². The van der Waals surface area contributed by atoms with Crippen LogP contribution in [0.4, 0.5) is 0 Å². The maximum atomic E-state index is 11.8. The highest BCUT2D eigenvalue weighted by Gasteiger charge is 2.16. The van der Waals surface area contributed by atoms with E-state index in [9.17, 15) is 9.59 Å². The molecule has 0 aromatic heterocycles. The Kier molecular flexibility index (Phi) is 6.67. The monoisotopic (exact) mass is 256 g/mol. The van der Waals surface area contributed by atoms with E-state index in [0.717, 1.165) is 32.7 Å². The van der Waals surface area contributed by atoms with E-state index in [1.54, 1.807) is 0 Å². The van der Waals surface area contributed by atoms with Crippen molar-refractivity contribution in [3.8, 4) is 0 Å². The highest BCUT2D eigenvalue weighted by atomic mass is 16.2. The van der Waals surface area contributed by atoms with Crippen LogP contribution in [0.3, 0.4) is 0 Å². The molecule has 0 aliphatic carbocycles. The van der Waals surface area contributed by atoms with Crippen LogP contribution in [0.2, 0.25) is 0 Å². The molecule has 6 nitrogen and oxygen atoms in total. The van der Waals surface area contributed by atoms with Crippen LogP contribution in [0.25, 0.3) is 0 Å². The molecule has 0 aromatic rings. The SMILES string of the molecule is CN(C)CCNC(=O)CCC(=O)N1CCNCC1. The quantitative estimate of drug-likeness (QED) is 0.631. The molecule has 0 unspecified atom stereocenters. The fourth-order valence-electron chi connectivity index (χ4n) is 1.80. The second-order valence-corrected chi connectivity index (χ2v) is 4.78. The third-order valence-corrected chi connectivity index (χ3v) is 2.92. The standard InChI is InChI=1S/C12H24N4O2/c1-15(2)8-7-14-11(17)3-4-12(18)16-9-5-13-6-10-16/h13H,3-10H2,1-2H3,(H,14,17). The van der Waals surface area contributed by atoms with Crippen molar-refractivity contribution in [3.63, 3.8) is 0 Å². The van der Waals surface area contributed by atoms with Crippen molar-refractivity contribution in [1.29, 1.82) is 0 Å². The molecule has 1 saturated heterocycles. The number of amides is 2. The molecule has 0 saturated carbocycles. The molecule has 0 bridgehead atoms. The van der Waals surface area contributed by atoms with E-state index >= 15 is 0 Å². The maximum Gasteiger partial charge on any atom is 0.223 e. The lowest BCUT2D eigenvalue weighted by molar-refractivity contribution is -0.134. The van der Waals surface area contributed by atoms with Crippen molar-refractivity contribution in [2.75, 3.05) is 53.4 Å². The van der Waals surface area contributed by atoms with Gasteiger partial charge in [-0.25, -0.2) is 0 Å². The minimum Gasteiger partial charge on any atom is -0.355 e. The Hall–Kier alpha value is -1.14. The van der Waals surface area contributed by atoms with Crippen molar-refractivity contribution in [1.82, 2.24) is 20.4 Å². The normalized spacial score (nSPS) is 15.8. The third kappa shape index (κ3) is 5.97. The van der Waals surface area contributed by atoms with Crippen molar-refractivity contribution < 1.29 is 9.59 Å². The van der Waals surface area contributed by atoms with Gasteiger partial charge in [0.1, 0.15) is 0 Å². The van der Waals surface area contributed by atoms with Gasteiger partial charge in [-0.2, -0.15) is 0 Å². The van der Waals surface area contributed by atoms with Crippen LogP contribution < -0.4 is 10.6 Å². The van der Waals surface area contributed by atoms with E-state index in [4.69, 9.17) is 0 Å². The van der Waals surface area contributed by atoms with Crippen molar-refractivity contribution in [3.05, 3.63) is 0 Å². The molecule has 0 spiro atoms. The first-order valence-corrected chi connectivity index (χ1v) is 6.49. The third-order valence-electron chi connectivity index (χ3n) is 2.92. The van der Waals surface area contributed by atoms with Gasteiger partial charge in [0.15, 0.2) is 0 Å². The van der Waals surface area contributed by atoms with Gasteiger partial charge in [0.05, 0.1) is 0 Å². The minimum atomic E-state index is -0.0414. The summed E-state index contributed by atoms with van der Waals surface area (Å²) >= 11 is 0. The van der Waals surface area contributed by atoms with Gasteiger partial charge < -0.3 is 20.4 Å². The fourth-order valence-corrected chi connectivity index (χ4v) is 1.80. The number of hydrogen-bond donors (Lipinski definition) is 2. The van der Waals surface area contributed by atoms with Crippen LogP contribution >= 0.6 is 0 Å². The number of carbonyl (C=O) groups is 2. The number of carbonyl (C=O) groups excluding carboxylic acids is 2. The molecule has 1 fully saturated rings. The molecule has 1 aliphatic heterocycles. The molecule has 0 atom stereocenters. The number of nitrogens with zero attached hydrogens (tertiary/aromatic N) is 2. The summed E-state index contributed by atoms with van der Waals surface area (Å²) < 4.78 is 0. The molecule has 1 heterocycles. The maximum absolute atomic E-state index is 11.8. The Bertz CT molecular complexity index is 275. The van der Waals surface area contributed by atoms with E-state index < -0.39 is 0 Å². The van der Waals surface area contributed by atoms with Gasteiger partial charge in [-0.3, -0.25) is 9.59 Å². The number of piperazine rings is 1. The molecule has 2 N–H and O–H groups in total. The summed E-state index contributed by atoms with van der Waals surface area (Å²) in [5.41, 5.74) is 0. The summed E-state index contributed by atoms with van der Waals surface area (Å²) in [4.78, 5) is 27.1. The van der Waals surface area contributed by atoms with E-state index in [2.05, 4.69) is 10.6 Å². The molecular formula is C12H24N4O2. The largest absolute Gasteiger partial charge is 0.355 e. The summed E-state index contributed by atoms with van der Waals surface area (Å²) in [5, 5.41) is 6.00. The molecule has 104 valence electrons. The number of rotatable bonds is 6. The first-order chi connectivity index (χ1) is 8.59. The molecular weight excluding hydrogens is 232 g/mol. The predicted octanol–water partition coefficient (Wildman–Crippen LogP) is -1.12. The van der Waals surface area contributed by atoms with Crippen molar-refractivity contribution >= 4 is 11.8 Å². The van der Waals surface area contributed by atoms with Crippen LogP contribution in [0.5, 0.6) is 0 Å². The zero-order valence-electron chi connectivity index (χ0n) is 11.4. The summed E-state index contributed by atoms with van der Waals surface area (Å²) in [6.45, 7) is 4.65. The van der Waals surface area contributed by atoms with Crippen molar-refractivity contribution in [2.24, 2.45) is 0 Å². The van der Waals surface area contributed by atoms with Crippen molar-refractivity contribution in [2.45, 2.75) is 12.8 Å². The van der Waals surface area contributed by atoms with E-state index in [-0.39, 0.29) is 18.2 Å². The Labute approximate surface area is 109 Å². The van der Waals surface area contributed by atoms with Crippen LogP contribution in [-0.4, -0.2) is 75.0 Å². The molecule has 18 heavy (non-hydrogen) atoms. The summed E-state index contributed by atoms with van der Waals surface area (Å²) in [6, 6.07) is 0. The van der Waals surface area contributed by atoms with E-state index in [1.165, 1.54) is 0 Å². The highest BCUT2D eigenvalue weighted by molar-refractivity contribution is 5.83. The van der Waals surface area contributed by atoms with Gasteiger partial charge in [0.2, 0.25) is 11.8 Å². The van der Waals surface area contributed by atoms with Gasteiger partial charge in [0.25, 0.3) is 0 Å². The Morgan fingerprint density at radius 2 is 1.89 bits per heavy atom. The smallest absolute Gasteiger partial charge is 0.223 e. The highest BCUT2D eigenvalue weighted by Crippen LogP contribution is 1.99. The van der Waals surface area contributed by atoms with Gasteiger partial charge in [0, 0.05) is 52.1 Å². The van der Waals surface area contributed by atoms with Crippen LogP contribution in [0.15, 0.2) is 0 Å².